The van der Waals surface area contributed by atoms with E-state index in [0.717, 1.165) is 114 Å². The van der Waals surface area contributed by atoms with Crippen LogP contribution in [0.1, 0.15) is 128 Å². The minimum absolute atomic E-state index is 0.0253. The number of likely N-dealkylation sites (tertiary alicyclic amines) is 2. The lowest BCUT2D eigenvalue weighted by molar-refractivity contribution is -0.151. The molecule has 2 aliphatic carbocycles. The van der Waals surface area contributed by atoms with Crippen LogP contribution in [0.5, 0.6) is 11.8 Å². The van der Waals surface area contributed by atoms with Gasteiger partial charge in [0.25, 0.3) is 11.8 Å². The van der Waals surface area contributed by atoms with Crippen LogP contribution in [-0.4, -0.2) is 135 Å². The predicted octanol–water partition coefficient (Wildman–Crippen LogP) is 7.83. The molecule has 15 nitrogen and oxygen atoms in total. The number of benzene rings is 3. The topological polar surface area (TPSA) is 171 Å². The Bertz CT molecular complexity index is 3160. The SMILES string of the molecule is CCc1c(F)ccc2cc(O)cc(-c3ncc4c(N5CCCC6(CCO6)C5)nc(OCC5(CN6CCC7(CC6)CC(N6CCC(c8cccc9c8C(=O)N(C8CCC(=O)NC8=O)C9=O)CC6)C7)CC5)nc4c3F)c12. The number of hydrogen-bond acceptors (Lipinski definition) is 13. The Morgan fingerprint density at radius 1 is 0.892 bits per heavy atom. The van der Waals surface area contributed by atoms with E-state index in [2.05, 4.69) is 25.0 Å². The number of nitrogens with zero attached hydrogens (tertiary/aromatic N) is 7. The molecule has 0 bridgehead atoms. The first-order chi connectivity index (χ1) is 35.8. The molecule has 13 rings (SSSR count). The van der Waals surface area contributed by atoms with Crippen molar-refractivity contribution < 1.29 is 42.5 Å². The van der Waals surface area contributed by atoms with Crippen molar-refractivity contribution in [2.24, 2.45) is 10.8 Å². The molecule has 6 aliphatic heterocycles. The molecular formula is C57H62F2N8O7. The summed E-state index contributed by atoms with van der Waals surface area (Å²) < 4.78 is 45.2. The molecule has 8 heterocycles. The first-order valence-corrected chi connectivity index (χ1v) is 27.0. The quantitative estimate of drug-likeness (QED) is 0.123. The number of carbonyl (C=O) groups is 4. The molecule has 8 aliphatic rings. The minimum atomic E-state index is -0.976. The lowest BCUT2D eigenvalue weighted by atomic mass is 9.59. The van der Waals surface area contributed by atoms with Crippen molar-refractivity contribution in [2.75, 3.05) is 63.9 Å². The first-order valence-electron chi connectivity index (χ1n) is 27.0. The van der Waals surface area contributed by atoms with Gasteiger partial charge in [-0.1, -0.05) is 25.1 Å². The highest BCUT2D eigenvalue weighted by Gasteiger charge is 2.52. The van der Waals surface area contributed by atoms with Crippen molar-refractivity contribution in [3.63, 3.8) is 0 Å². The van der Waals surface area contributed by atoms with Crippen molar-refractivity contribution in [3.05, 3.63) is 82.5 Å². The third-order valence-corrected chi connectivity index (χ3v) is 18.5. The Labute approximate surface area is 428 Å². The zero-order valence-corrected chi connectivity index (χ0v) is 41.9. The van der Waals surface area contributed by atoms with Crippen LogP contribution in [0.2, 0.25) is 0 Å². The molecule has 0 radical (unpaired) electrons. The number of fused-ring (bicyclic) bond motifs is 3. The van der Waals surface area contributed by atoms with Gasteiger partial charge >= 0.3 is 6.01 Å². The number of phenols is 1. The number of imide groups is 2. The van der Waals surface area contributed by atoms with Crippen molar-refractivity contribution in [3.8, 4) is 23.0 Å². The van der Waals surface area contributed by atoms with Crippen LogP contribution in [0, 0.1) is 22.5 Å². The number of piperidine rings is 4. The lowest BCUT2D eigenvalue weighted by Gasteiger charge is -2.56. The van der Waals surface area contributed by atoms with Gasteiger partial charge in [-0.05, 0) is 161 Å². The van der Waals surface area contributed by atoms with E-state index < -0.39 is 35.4 Å². The standard InChI is InChI=1S/C57H62F2N8O7/c1-2-37-42(58)8-7-34-25-36(68)26-40(45(34)37)48-47(59)49-41(29-60-48)50(66-19-4-13-57(31-66)18-24-74-57)63-54(62-49)73-32-56(14-15-56)30-64-22-16-55(17-23-64)27-35(28-55)65-20-11-33(12-21-65)38-5-3-6-39-46(38)53(72)67(52(39)71)43-9-10-44(69)61-51(43)70/h3,5-8,25-26,29,33,35,43,68H,2,4,9-24,27-28,30-32H2,1H3,(H,61,69,70). The monoisotopic (exact) mass is 1010 g/mol. The van der Waals surface area contributed by atoms with E-state index >= 15 is 8.78 Å². The van der Waals surface area contributed by atoms with Gasteiger partial charge in [-0.25, -0.2) is 8.78 Å². The number of phenolic OH excluding ortho intramolecular Hbond substituents is 1. The molecule has 74 heavy (non-hydrogen) atoms. The summed E-state index contributed by atoms with van der Waals surface area (Å²) in [5.41, 5.74) is 2.47. The van der Waals surface area contributed by atoms with E-state index in [-0.39, 0.29) is 58.7 Å². The smallest absolute Gasteiger partial charge is 0.319 e. The Morgan fingerprint density at radius 2 is 1.69 bits per heavy atom. The molecule has 2 saturated carbocycles. The number of nitrogens with one attached hydrogen (secondary N) is 1. The Balaban J connectivity index is 0.657. The highest BCUT2D eigenvalue weighted by atomic mass is 19.1. The highest BCUT2D eigenvalue weighted by molar-refractivity contribution is 6.24. The van der Waals surface area contributed by atoms with Crippen LogP contribution in [-0.2, 0) is 20.7 Å². The Kier molecular flexibility index (Phi) is 11.6. The van der Waals surface area contributed by atoms with Crippen molar-refractivity contribution in [1.29, 1.82) is 0 Å². The van der Waals surface area contributed by atoms with E-state index in [1.54, 1.807) is 24.4 Å². The average Bonchev–Trinajstić information content (AvgIpc) is 4.11. The summed E-state index contributed by atoms with van der Waals surface area (Å²) >= 11 is 0. The van der Waals surface area contributed by atoms with Gasteiger partial charge in [0.1, 0.15) is 34.6 Å². The van der Waals surface area contributed by atoms with Gasteiger partial charge in [0.05, 0.1) is 35.3 Å². The molecule has 2 atom stereocenters. The summed E-state index contributed by atoms with van der Waals surface area (Å²) in [6.45, 7) is 9.16. The third kappa shape index (κ3) is 8.10. The second-order valence-electron chi connectivity index (χ2n) is 22.9. The average molecular weight is 1010 g/mol. The maximum atomic E-state index is 17.3. The van der Waals surface area contributed by atoms with Crippen LogP contribution in [0.3, 0.4) is 0 Å². The van der Waals surface area contributed by atoms with E-state index in [4.69, 9.17) is 19.4 Å². The second-order valence-corrected chi connectivity index (χ2v) is 22.9. The van der Waals surface area contributed by atoms with Gasteiger partial charge in [-0.2, -0.15) is 9.97 Å². The molecule has 2 N–H and O–H groups in total. The number of pyridine rings is 1. The molecule has 3 aromatic carbocycles. The Hall–Kier alpha value is -6.17. The number of carbonyl (C=O) groups excluding carboxylic acids is 4. The maximum Gasteiger partial charge on any atom is 0.319 e. The van der Waals surface area contributed by atoms with Crippen LogP contribution >= 0.6 is 0 Å². The number of ether oxygens (including phenoxy) is 2. The van der Waals surface area contributed by atoms with Crippen molar-refractivity contribution >= 4 is 51.1 Å². The summed E-state index contributed by atoms with van der Waals surface area (Å²) in [7, 11) is 0. The number of hydrogen-bond donors (Lipinski definition) is 2. The predicted molar refractivity (Wildman–Crippen MR) is 271 cm³/mol. The molecule has 386 valence electrons. The number of amides is 4. The summed E-state index contributed by atoms with van der Waals surface area (Å²) in [6, 6.07) is 11.1. The molecule has 5 saturated heterocycles. The van der Waals surface area contributed by atoms with Gasteiger partial charge in [-0.3, -0.25) is 34.4 Å². The van der Waals surface area contributed by atoms with Crippen LogP contribution in [0.25, 0.3) is 32.9 Å². The van der Waals surface area contributed by atoms with Crippen LogP contribution in [0.15, 0.2) is 48.7 Å². The molecule has 7 fully saturated rings. The first kappa shape index (κ1) is 47.5. The molecule has 5 aromatic rings. The van der Waals surface area contributed by atoms with Gasteiger partial charge in [0.15, 0.2) is 5.82 Å². The van der Waals surface area contributed by atoms with Crippen LogP contribution in [0.4, 0.5) is 14.6 Å². The second kappa shape index (κ2) is 18.0. The summed E-state index contributed by atoms with van der Waals surface area (Å²) in [6.07, 6.45) is 13.5. The normalized spacial score (nSPS) is 25.2. The molecule has 2 unspecified atom stereocenters. The van der Waals surface area contributed by atoms with E-state index in [9.17, 15) is 24.3 Å². The highest BCUT2D eigenvalue weighted by Crippen LogP contribution is 2.54. The van der Waals surface area contributed by atoms with Crippen molar-refractivity contribution in [2.45, 2.75) is 120 Å². The fraction of sp³-hybridized carbons (Fsp3) is 0.526. The van der Waals surface area contributed by atoms with E-state index in [0.29, 0.717) is 75.3 Å². The zero-order chi connectivity index (χ0) is 50.7. The molecule has 4 amide bonds. The fourth-order valence-corrected chi connectivity index (χ4v) is 14.0. The van der Waals surface area contributed by atoms with Gasteiger partial charge < -0.3 is 29.3 Å². The fourth-order valence-electron chi connectivity index (χ4n) is 14.0. The van der Waals surface area contributed by atoms with Gasteiger partial charge in [0, 0.05) is 55.7 Å². The molecule has 2 spiro atoms. The molecule has 17 heteroatoms. The number of aryl methyl sites for hydroxylation is 1. The number of rotatable bonds is 11. The number of anilines is 1. The van der Waals surface area contributed by atoms with E-state index in [1.807, 2.05) is 19.1 Å². The van der Waals surface area contributed by atoms with E-state index in [1.165, 1.54) is 25.0 Å². The zero-order valence-electron chi connectivity index (χ0n) is 41.9. The summed E-state index contributed by atoms with van der Waals surface area (Å²) in [4.78, 5) is 74.6. The maximum absolute atomic E-state index is 17.3. The summed E-state index contributed by atoms with van der Waals surface area (Å²) in [5.74, 6) is -2.33. The third-order valence-electron chi connectivity index (χ3n) is 18.5. The van der Waals surface area contributed by atoms with Gasteiger partial charge in [0.2, 0.25) is 11.8 Å². The summed E-state index contributed by atoms with van der Waals surface area (Å²) in [5, 5.41) is 14.6. The number of aromatic nitrogens is 3. The minimum Gasteiger partial charge on any atom is -0.508 e. The Morgan fingerprint density at radius 3 is 2.42 bits per heavy atom. The van der Waals surface area contributed by atoms with Crippen LogP contribution < -0.4 is 15.0 Å². The molecule has 2 aromatic heterocycles. The lowest BCUT2D eigenvalue weighted by Crippen LogP contribution is -2.56. The van der Waals surface area contributed by atoms with Crippen molar-refractivity contribution in [1.82, 2.24) is 35.0 Å². The van der Waals surface area contributed by atoms with Gasteiger partial charge in [-0.15, -0.1) is 0 Å². The largest absolute Gasteiger partial charge is 0.508 e. The number of halogens is 2. The number of aromatic hydroxyl groups is 1. The molecular weight excluding hydrogens is 947 g/mol.